The zero-order valence-corrected chi connectivity index (χ0v) is 12.1. The lowest BCUT2D eigenvalue weighted by Crippen LogP contribution is -2.03. The largest absolute Gasteiger partial charge is 0.206 e. The standard InChI is InChI=1S/C15H11BrFN3/c16-12-6-7-13(14(17)8-12)15-9-18-20(19-15)10-11-4-2-1-3-5-11/h1-9H,10H2. The van der Waals surface area contributed by atoms with E-state index < -0.39 is 0 Å². The first-order valence-electron chi connectivity index (χ1n) is 6.12. The zero-order valence-electron chi connectivity index (χ0n) is 10.5. The van der Waals surface area contributed by atoms with Crippen LogP contribution in [-0.4, -0.2) is 15.0 Å². The average molecular weight is 332 g/mol. The Morgan fingerprint density at radius 3 is 2.65 bits per heavy atom. The van der Waals surface area contributed by atoms with Crippen molar-refractivity contribution in [3.05, 3.63) is 70.6 Å². The van der Waals surface area contributed by atoms with Crippen LogP contribution in [0, 0.1) is 5.82 Å². The molecule has 3 aromatic rings. The van der Waals surface area contributed by atoms with Gasteiger partial charge in [-0.25, -0.2) is 4.39 Å². The molecule has 0 aliphatic heterocycles. The summed E-state index contributed by atoms with van der Waals surface area (Å²) in [5.41, 5.74) is 2.09. The van der Waals surface area contributed by atoms with E-state index in [1.165, 1.54) is 6.07 Å². The Labute approximate surface area is 124 Å². The molecule has 100 valence electrons. The van der Waals surface area contributed by atoms with Gasteiger partial charge in [0.25, 0.3) is 0 Å². The van der Waals surface area contributed by atoms with Crippen molar-refractivity contribution in [1.29, 1.82) is 0 Å². The summed E-state index contributed by atoms with van der Waals surface area (Å²) >= 11 is 3.24. The van der Waals surface area contributed by atoms with Gasteiger partial charge in [-0.15, -0.1) is 0 Å². The van der Waals surface area contributed by atoms with E-state index in [-0.39, 0.29) is 5.82 Å². The minimum absolute atomic E-state index is 0.314. The predicted octanol–water partition coefficient (Wildman–Crippen LogP) is 3.90. The Morgan fingerprint density at radius 2 is 1.90 bits per heavy atom. The van der Waals surface area contributed by atoms with Gasteiger partial charge in [0.15, 0.2) is 0 Å². The van der Waals surface area contributed by atoms with Crippen LogP contribution in [0.4, 0.5) is 4.39 Å². The molecule has 0 N–H and O–H groups in total. The van der Waals surface area contributed by atoms with Gasteiger partial charge in [-0.2, -0.15) is 15.0 Å². The molecule has 0 spiro atoms. The van der Waals surface area contributed by atoms with E-state index in [1.807, 2.05) is 30.3 Å². The predicted molar refractivity (Wildman–Crippen MR) is 78.7 cm³/mol. The SMILES string of the molecule is Fc1cc(Br)ccc1-c1cnn(Cc2ccccc2)n1. The number of hydrogen-bond acceptors (Lipinski definition) is 2. The molecule has 0 fully saturated rings. The fourth-order valence-electron chi connectivity index (χ4n) is 1.94. The molecular weight excluding hydrogens is 321 g/mol. The van der Waals surface area contributed by atoms with Crippen molar-refractivity contribution < 1.29 is 4.39 Å². The molecule has 3 rings (SSSR count). The van der Waals surface area contributed by atoms with Crippen LogP contribution in [0.25, 0.3) is 11.3 Å². The van der Waals surface area contributed by atoms with Gasteiger partial charge < -0.3 is 0 Å². The van der Waals surface area contributed by atoms with Crippen LogP contribution in [0.2, 0.25) is 0 Å². The number of halogens is 2. The summed E-state index contributed by atoms with van der Waals surface area (Å²) in [5, 5.41) is 8.50. The van der Waals surface area contributed by atoms with Gasteiger partial charge in [-0.1, -0.05) is 46.3 Å². The maximum absolute atomic E-state index is 13.9. The highest BCUT2D eigenvalue weighted by molar-refractivity contribution is 9.10. The van der Waals surface area contributed by atoms with E-state index in [0.717, 1.165) is 5.56 Å². The third-order valence-corrected chi connectivity index (χ3v) is 3.40. The third-order valence-electron chi connectivity index (χ3n) is 2.91. The van der Waals surface area contributed by atoms with Gasteiger partial charge in [0, 0.05) is 10.0 Å². The van der Waals surface area contributed by atoms with Gasteiger partial charge in [0.05, 0.1) is 12.7 Å². The molecule has 2 aromatic carbocycles. The van der Waals surface area contributed by atoms with Crippen LogP contribution in [0.1, 0.15) is 5.56 Å². The van der Waals surface area contributed by atoms with Gasteiger partial charge in [-0.05, 0) is 23.8 Å². The van der Waals surface area contributed by atoms with E-state index >= 15 is 0 Å². The van der Waals surface area contributed by atoms with Crippen molar-refractivity contribution in [2.45, 2.75) is 6.54 Å². The van der Waals surface area contributed by atoms with Crippen molar-refractivity contribution >= 4 is 15.9 Å². The first-order chi connectivity index (χ1) is 9.72. The molecule has 0 bridgehead atoms. The first kappa shape index (κ1) is 13.0. The minimum Gasteiger partial charge on any atom is -0.206 e. The number of aromatic nitrogens is 3. The maximum Gasteiger partial charge on any atom is 0.133 e. The van der Waals surface area contributed by atoms with Gasteiger partial charge in [-0.3, -0.25) is 0 Å². The van der Waals surface area contributed by atoms with Crippen LogP contribution in [0.15, 0.2) is 59.2 Å². The first-order valence-corrected chi connectivity index (χ1v) is 6.91. The van der Waals surface area contributed by atoms with E-state index in [4.69, 9.17) is 0 Å². The van der Waals surface area contributed by atoms with Crippen LogP contribution < -0.4 is 0 Å². The van der Waals surface area contributed by atoms with E-state index in [9.17, 15) is 4.39 Å². The Bertz CT molecular complexity index is 725. The third kappa shape index (κ3) is 2.77. The Kier molecular flexibility index (Phi) is 3.60. The van der Waals surface area contributed by atoms with Crippen molar-refractivity contribution in [2.24, 2.45) is 0 Å². The summed E-state index contributed by atoms with van der Waals surface area (Å²) in [6, 6.07) is 14.8. The number of nitrogens with zero attached hydrogens (tertiary/aromatic N) is 3. The molecule has 5 heteroatoms. The molecule has 1 aromatic heterocycles. The molecule has 20 heavy (non-hydrogen) atoms. The average Bonchev–Trinajstić information content (AvgIpc) is 2.88. The summed E-state index contributed by atoms with van der Waals surface area (Å²) in [5.74, 6) is -0.314. The van der Waals surface area contributed by atoms with Gasteiger partial charge in [0.1, 0.15) is 11.5 Å². The maximum atomic E-state index is 13.9. The summed E-state index contributed by atoms with van der Waals surface area (Å²) < 4.78 is 14.6. The summed E-state index contributed by atoms with van der Waals surface area (Å²) in [7, 11) is 0. The highest BCUT2D eigenvalue weighted by Crippen LogP contribution is 2.23. The van der Waals surface area contributed by atoms with Crippen molar-refractivity contribution in [3.8, 4) is 11.3 Å². The summed E-state index contributed by atoms with van der Waals surface area (Å²) in [6.07, 6.45) is 1.58. The Hall–Kier alpha value is -2.01. The quantitative estimate of drug-likeness (QED) is 0.728. The van der Waals surface area contributed by atoms with Crippen molar-refractivity contribution in [3.63, 3.8) is 0 Å². The molecule has 3 nitrogen and oxygen atoms in total. The summed E-state index contributed by atoms with van der Waals surface area (Å²) in [4.78, 5) is 1.56. The molecule has 0 amide bonds. The smallest absolute Gasteiger partial charge is 0.133 e. The fourth-order valence-corrected chi connectivity index (χ4v) is 2.27. The molecule has 0 saturated carbocycles. The lowest BCUT2D eigenvalue weighted by atomic mass is 10.1. The number of benzene rings is 2. The molecule has 1 heterocycles. The molecule has 0 saturated heterocycles. The molecule has 0 aliphatic carbocycles. The fraction of sp³-hybridized carbons (Fsp3) is 0.0667. The second kappa shape index (κ2) is 5.54. The second-order valence-corrected chi connectivity index (χ2v) is 5.29. The van der Waals surface area contributed by atoms with E-state index in [1.54, 1.807) is 23.1 Å². The highest BCUT2D eigenvalue weighted by Gasteiger charge is 2.09. The van der Waals surface area contributed by atoms with Crippen LogP contribution in [0.3, 0.4) is 0 Å². The van der Waals surface area contributed by atoms with Gasteiger partial charge in [0.2, 0.25) is 0 Å². The van der Waals surface area contributed by atoms with Crippen LogP contribution in [-0.2, 0) is 6.54 Å². The molecular formula is C15H11BrFN3. The lowest BCUT2D eigenvalue weighted by molar-refractivity contribution is 0.590. The molecule has 0 radical (unpaired) electrons. The van der Waals surface area contributed by atoms with Crippen LogP contribution in [0.5, 0.6) is 0 Å². The van der Waals surface area contributed by atoms with Crippen molar-refractivity contribution in [2.75, 3.05) is 0 Å². The molecule has 0 unspecified atom stereocenters. The lowest BCUT2D eigenvalue weighted by Gasteiger charge is -2.01. The molecule has 0 atom stereocenters. The zero-order chi connectivity index (χ0) is 13.9. The van der Waals surface area contributed by atoms with Crippen molar-refractivity contribution in [1.82, 2.24) is 15.0 Å². The number of rotatable bonds is 3. The normalized spacial score (nSPS) is 10.7. The minimum atomic E-state index is -0.314. The number of hydrogen-bond donors (Lipinski definition) is 0. The van der Waals surface area contributed by atoms with Crippen LogP contribution >= 0.6 is 15.9 Å². The topological polar surface area (TPSA) is 30.7 Å². The van der Waals surface area contributed by atoms with Gasteiger partial charge >= 0.3 is 0 Å². The van der Waals surface area contributed by atoms with E-state index in [2.05, 4.69) is 26.1 Å². The Morgan fingerprint density at radius 1 is 1.10 bits per heavy atom. The summed E-state index contributed by atoms with van der Waals surface area (Å²) in [6.45, 7) is 0.568. The molecule has 0 aliphatic rings. The van der Waals surface area contributed by atoms with E-state index in [0.29, 0.717) is 22.3 Å². The highest BCUT2D eigenvalue weighted by atomic mass is 79.9. The Balaban J connectivity index is 1.87. The second-order valence-electron chi connectivity index (χ2n) is 4.37. The monoisotopic (exact) mass is 331 g/mol.